The molecule has 0 unspecified atom stereocenters. The van der Waals surface area contributed by atoms with Gasteiger partial charge in [0.15, 0.2) is 0 Å². The van der Waals surface area contributed by atoms with Gasteiger partial charge in [-0.15, -0.1) is 0 Å². The van der Waals surface area contributed by atoms with E-state index in [0.717, 1.165) is 18.5 Å². The maximum Gasteiger partial charge on any atom is 0.303 e. The van der Waals surface area contributed by atoms with E-state index in [2.05, 4.69) is 15.3 Å². The number of anilines is 1. The molecule has 1 fully saturated rings. The summed E-state index contributed by atoms with van der Waals surface area (Å²) in [5, 5.41) is 11.6. The highest BCUT2D eigenvalue weighted by Gasteiger charge is 2.31. The summed E-state index contributed by atoms with van der Waals surface area (Å²) >= 11 is 0. The fourth-order valence-corrected chi connectivity index (χ4v) is 2.39. The van der Waals surface area contributed by atoms with Crippen molar-refractivity contribution < 1.29 is 14.7 Å². The molecule has 0 aliphatic carbocycles. The van der Waals surface area contributed by atoms with E-state index < -0.39 is 5.97 Å². The predicted octanol–water partition coefficient (Wildman–Crippen LogP) is 1.05. The molecule has 0 saturated carbocycles. The second-order valence-electron chi connectivity index (χ2n) is 4.72. The van der Waals surface area contributed by atoms with Crippen LogP contribution in [0.5, 0.6) is 0 Å². The molecule has 0 bridgehead atoms. The molecule has 1 aliphatic rings. The van der Waals surface area contributed by atoms with Crippen molar-refractivity contribution in [2.75, 3.05) is 18.9 Å². The normalized spacial score (nSPS) is 18.1. The summed E-state index contributed by atoms with van der Waals surface area (Å²) in [7, 11) is 1.76. The van der Waals surface area contributed by atoms with Crippen LogP contribution in [0.1, 0.15) is 37.4 Å². The van der Waals surface area contributed by atoms with Crippen LogP contribution >= 0.6 is 0 Å². The lowest BCUT2D eigenvalue weighted by molar-refractivity contribution is -0.141. The lowest BCUT2D eigenvalue weighted by Gasteiger charge is -2.24. The number of rotatable bonds is 5. The topological polar surface area (TPSA) is 95.4 Å². The first-order valence-corrected chi connectivity index (χ1v) is 6.62. The zero-order chi connectivity index (χ0) is 14.5. The Balaban J connectivity index is 2.09. The molecular formula is C13H18N4O3. The molecule has 1 aromatic rings. The fraction of sp³-hybridized carbons (Fsp3) is 0.538. The van der Waals surface area contributed by atoms with E-state index in [0.29, 0.717) is 12.4 Å². The van der Waals surface area contributed by atoms with Gasteiger partial charge in [-0.05, 0) is 12.8 Å². The molecule has 7 heteroatoms. The van der Waals surface area contributed by atoms with Crippen molar-refractivity contribution in [2.45, 2.75) is 31.7 Å². The number of amides is 1. The lowest BCUT2D eigenvalue weighted by atomic mass is 10.1. The van der Waals surface area contributed by atoms with E-state index in [9.17, 15) is 9.59 Å². The summed E-state index contributed by atoms with van der Waals surface area (Å²) in [6.07, 6.45) is 4.91. The highest BCUT2D eigenvalue weighted by Crippen LogP contribution is 2.31. The minimum atomic E-state index is -0.953. The summed E-state index contributed by atoms with van der Waals surface area (Å²) in [5.74, 6) is -0.426. The first-order valence-electron chi connectivity index (χ1n) is 6.62. The maximum absolute atomic E-state index is 12.1. The summed E-state index contributed by atoms with van der Waals surface area (Å²) in [5.41, 5.74) is 0.748. The van der Waals surface area contributed by atoms with Crippen molar-refractivity contribution >= 4 is 17.7 Å². The van der Waals surface area contributed by atoms with Crippen molar-refractivity contribution in [2.24, 2.45) is 0 Å². The number of likely N-dealkylation sites (tertiary alicyclic amines) is 1. The van der Waals surface area contributed by atoms with Crippen molar-refractivity contribution in [3.63, 3.8) is 0 Å². The highest BCUT2D eigenvalue weighted by atomic mass is 16.4. The third kappa shape index (κ3) is 3.23. The van der Waals surface area contributed by atoms with E-state index in [1.165, 1.54) is 0 Å². The molecule has 2 heterocycles. The molecule has 1 aromatic heterocycles. The number of hydrogen-bond donors (Lipinski definition) is 2. The number of carbonyl (C=O) groups is 2. The number of aromatic nitrogens is 2. The minimum Gasteiger partial charge on any atom is -0.481 e. The Morgan fingerprint density at radius 3 is 2.95 bits per heavy atom. The molecule has 0 aromatic carbocycles. The van der Waals surface area contributed by atoms with E-state index in [1.807, 2.05) is 0 Å². The molecule has 108 valence electrons. The summed E-state index contributed by atoms with van der Waals surface area (Å²) in [6, 6.07) is -0.0999. The lowest BCUT2D eigenvalue weighted by Crippen LogP contribution is -2.31. The first kappa shape index (κ1) is 14.2. The third-order valence-corrected chi connectivity index (χ3v) is 3.38. The van der Waals surface area contributed by atoms with E-state index in [1.54, 1.807) is 24.3 Å². The molecule has 1 aliphatic heterocycles. The first-order chi connectivity index (χ1) is 9.61. The van der Waals surface area contributed by atoms with Gasteiger partial charge in [0.2, 0.25) is 5.91 Å². The number of hydrogen-bond acceptors (Lipinski definition) is 5. The Morgan fingerprint density at radius 2 is 2.25 bits per heavy atom. The summed E-state index contributed by atoms with van der Waals surface area (Å²) in [4.78, 5) is 32.9. The monoisotopic (exact) mass is 278 g/mol. The average molecular weight is 278 g/mol. The number of nitrogens with zero attached hydrogens (tertiary/aromatic N) is 3. The average Bonchev–Trinajstić information content (AvgIpc) is 2.94. The van der Waals surface area contributed by atoms with Crippen molar-refractivity contribution in [3.05, 3.63) is 18.1 Å². The Kier molecular flexibility index (Phi) is 4.49. The largest absolute Gasteiger partial charge is 0.481 e. The van der Waals surface area contributed by atoms with Gasteiger partial charge < -0.3 is 15.3 Å². The molecule has 0 radical (unpaired) electrons. The number of carbonyl (C=O) groups excluding carboxylic acids is 1. The molecule has 1 amide bonds. The molecule has 7 nitrogen and oxygen atoms in total. The Labute approximate surface area is 117 Å². The van der Waals surface area contributed by atoms with Gasteiger partial charge in [-0.25, -0.2) is 4.98 Å². The second kappa shape index (κ2) is 6.31. The van der Waals surface area contributed by atoms with Gasteiger partial charge in [0.25, 0.3) is 0 Å². The maximum atomic E-state index is 12.1. The summed E-state index contributed by atoms with van der Waals surface area (Å²) < 4.78 is 0. The smallest absolute Gasteiger partial charge is 0.303 e. The molecule has 0 spiro atoms. The van der Waals surface area contributed by atoms with Gasteiger partial charge in [-0.1, -0.05) is 0 Å². The van der Waals surface area contributed by atoms with Gasteiger partial charge >= 0.3 is 5.97 Å². The molecular weight excluding hydrogens is 260 g/mol. The molecule has 20 heavy (non-hydrogen) atoms. The van der Waals surface area contributed by atoms with Crippen LogP contribution < -0.4 is 5.32 Å². The third-order valence-electron chi connectivity index (χ3n) is 3.38. The Morgan fingerprint density at radius 1 is 1.45 bits per heavy atom. The standard InChI is InChI=1S/C13H18N4O3/c1-14-11-8-15-7-9(16-11)10-3-2-6-17(10)12(18)4-5-13(19)20/h7-8,10H,2-6H2,1H3,(H,14,16)(H,19,20)/t10-/m1/s1. The predicted molar refractivity (Wildman–Crippen MR) is 72.1 cm³/mol. The molecule has 1 saturated heterocycles. The quantitative estimate of drug-likeness (QED) is 0.835. The number of nitrogens with one attached hydrogen (secondary N) is 1. The van der Waals surface area contributed by atoms with Crippen LogP contribution in [0, 0.1) is 0 Å². The van der Waals surface area contributed by atoms with Crippen LogP contribution in [0.3, 0.4) is 0 Å². The Hall–Kier alpha value is -2.18. The van der Waals surface area contributed by atoms with Gasteiger partial charge in [0, 0.05) is 20.0 Å². The van der Waals surface area contributed by atoms with Crippen molar-refractivity contribution in [1.29, 1.82) is 0 Å². The fourth-order valence-electron chi connectivity index (χ4n) is 2.39. The van der Waals surface area contributed by atoms with Crippen LogP contribution in [0.2, 0.25) is 0 Å². The number of aliphatic carboxylic acids is 1. The van der Waals surface area contributed by atoms with Crippen LogP contribution in [-0.2, 0) is 9.59 Å². The van der Waals surface area contributed by atoms with E-state index in [4.69, 9.17) is 5.11 Å². The van der Waals surface area contributed by atoms with Crippen LogP contribution in [0.15, 0.2) is 12.4 Å². The van der Waals surface area contributed by atoms with E-state index >= 15 is 0 Å². The Bertz CT molecular complexity index is 506. The number of carboxylic acid groups (broad SMARTS) is 1. The van der Waals surface area contributed by atoms with Crippen LogP contribution in [0.25, 0.3) is 0 Å². The zero-order valence-electron chi connectivity index (χ0n) is 11.4. The number of carboxylic acids is 1. The molecule has 1 atom stereocenters. The molecule has 2 rings (SSSR count). The minimum absolute atomic E-state index is 0.0327. The summed E-state index contributed by atoms with van der Waals surface area (Å²) in [6.45, 7) is 0.647. The van der Waals surface area contributed by atoms with Gasteiger partial charge in [0.05, 0.1) is 30.6 Å². The van der Waals surface area contributed by atoms with Gasteiger partial charge in [-0.3, -0.25) is 14.6 Å². The SMILES string of the molecule is CNc1cncc([C@H]2CCCN2C(=O)CCC(=O)O)n1. The second-order valence-corrected chi connectivity index (χ2v) is 4.72. The van der Waals surface area contributed by atoms with Crippen LogP contribution in [-0.4, -0.2) is 45.4 Å². The van der Waals surface area contributed by atoms with Gasteiger partial charge in [0.1, 0.15) is 5.82 Å². The highest BCUT2D eigenvalue weighted by molar-refractivity contribution is 5.81. The van der Waals surface area contributed by atoms with Crippen molar-refractivity contribution in [3.8, 4) is 0 Å². The van der Waals surface area contributed by atoms with E-state index in [-0.39, 0.29) is 24.8 Å². The van der Waals surface area contributed by atoms with Crippen molar-refractivity contribution in [1.82, 2.24) is 14.9 Å². The van der Waals surface area contributed by atoms with Gasteiger partial charge in [-0.2, -0.15) is 0 Å². The van der Waals surface area contributed by atoms with Crippen LogP contribution in [0.4, 0.5) is 5.82 Å². The molecule has 2 N–H and O–H groups in total. The zero-order valence-corrected chi connectivity index (χ0v) is 11.4.